The molecule has 0 aromatic heterocycles. The quantitative estimate of drug-likeness (QED) is 0.878. The van der Waals surface area contributed by atoms with Crippen molar-refractivity contribution in [1.29, 1.82) is 0 Å². The molecule has 1 aromatic carbocycles. The van der Waals surface area contributed by atoms with Gasteiger partial charge >= 0.3 is 0 Å². The van der Waals surface area contributed by atoms with E-state index in [4.69, 9.17) is 4.74 Å². The second kappa shape index (κ2) is 8.18. The van der Waals surface area contributed by atoms with Gasteiger partial charge in [-0.1, -0.05) is 19.1 Å². The fraction of sp³-hybridized carbons (Fsp3) is 0.611. The van der Waals surface area contributed by atoms with Crippen LogP contribution in [0.5, 0.6) is 5.75 Å². The van der Waals surface area contributed by atoms with Crippen LogP contribution in [0.2, 0.25) is 0 Å². The van der Waals surface area contributed by atoms with E-state index in [2.05, 4.69) is 12.2 Å². The first-order chi connectivity index (χ1) is 10.6. The predicted molar refractivity (Wildman–Crippen MR) is 88.8 cm³/mol. The van der Waals surface area contributed by atoms with Crippen LogP contribution in [-0.2, 0) is 11.3 Å². The highest BCUT2D eigenvalue weighted by Crippen LogP contribution is 2.23. The number of methoxy groups -OCH3 is 1. The third-order valence-electron chi connectivity index (χ3n) is 4.64. The number of carbonyl (C=O) groups excluding carboxylic acids is 1. The van der Waals surface area contributed by atoms with Gasteiger partial charge in [0.05, 0.1) is 7.11 Å². The summed E-state index contributed by atoms with van der Waals surface area (Å²) in [6, 6.07) is 7.89. The lowest BCUT2D eigenvalue weighted by Gasteiger charge is -2.29. The summed E-state index contributed by atoms with van der Waals surface area (Å²) in [5.41, 5.74) is 1.13. The standard InChI is InChI=1S/C18H28N2O2/c1-14(16-5-4-10-19-12-16)11-18(21)20(2)13-15-6-8-17(22-3)9-7-15/h6-9,14,16,19H,4-5,10-13H2,1-3H3. The number of ether oxygens (including phenoxy) is 1. The molecule has 0 saturated carbocycles. The molecule has 1 N–H and O–H groups in total. The van der Waals surface area contributed by atoms with Gasteiger partial charge in [-0.05, 0) is 55.5 Å². The summed E-state index contributed by atoms with van der Waals surface area (Å²) >= 11 is 0. The van der Waals surface area contributed by atoms with Crippen molar-refractivity contribution in [3.8, 4) is 5.75 Å². The Morgan fingerprint density at radius 3 is 2.73 bits per heavy atom. The molecule has 1 saturated heterocycles. The molecule has 4 heteroatoms. The highest BCUT2D eigenvalue weighted by atomic mass is 16.5. The molecule has 2 unspecified atom stereocenters. The highest BCUT2D eigenvalue weighted by Gasteiger charge is 2.23. The third kappa shape index (κ3) is 4.73. The second-order valence-electron chi connectivity index (χ2n) is 6.39. The topological polar surface area (TPSA) is 41.6 Å². The van der Waals surface area contributed by atoms with Crippen molar-refractivity contribution < 1.29 is 9.53 Å². The summed E-state index contributed by atoms with van der Waals surface area (Å²) in [6.07, 6.45) is 3.10. The summed E-state index contributed by atoms with van der Waals surface area (Å²) in [5, 5.41) is 3.43. The van der Waals surface area contributed by atoms with Gasteiger partial charge in [0.2, 0.25) is 5.91 Å². The number of nitrogens with one attached hydrogen (secondary N) is 1. The van der Waals surface area contributed by atoms with Gasteiger partial charge in [-0.15, -0.1) is 0 Å². The first kappa shape index (κ1) is 16.8. The Hall–Kier alpha value is -1.55. The van der Waals surface area contributed by atoms with Crippen LogP contribution in [0.15, 0.2) is 24.3 Å². The molecule has 1 amide bonds. The summed E-state index contributed by atoms with van der Waals surface area (Å²) in [4.78, 5) is 14.2. The van der Waals surface area contributed by atoms with E-state index in [-0.39, 0.29) is 5.91 Å². The molecule has 0 spiro atoms. The van der Waals surface area contributed by atoms with Crippen molar-refractivity contribution in [3.63, 3.8) is 0 Å². The molecular weight excluding hydrogens is 276 g/mol. The average Bonchev–Trinajstić information content (AvgIpc) is 2.56. The van der Waals surface area contributed by atoms with Crippen LogP contribution in [0.1, 0.15) is 31.7 Å². The lowest BCUT2D eigenvalue weighted by atomic mass is 9.85. The van der Waals surface area contributed by atoms with E-state index >= 15 is 0 Å². The molecule has 2 rings (SSSR count). The minimum absolute atomic E-state index is 0.230. The number of benzene rings is 1. The van der Waals surface area contributed by atoms with E-state index in [1.54, 1.807) is 7.11 Å². The van der Waals surface area contributed by atoms with E-state index in [9.17, 15) is 4.79 Å². The Balaban J connectivity index is 1.82. The van der Waals surface area contributed by atoms with Gasteiger partial charge in [0.15, 0.2) is 0 Å². The number of amides is 1. The molecule has 1 fully saturated rings. The van der Waals surface area contributed by atoms with Crippen LogP contribution in [0.4, 0.5) is 0 Å². The molecule has 0 radical (unpaired) electrons. The SMILES string of the molecule is COc1ccc(CN(C)C(=O)CC(C)C2CCCNC2)cc1. The summed E-state index contributed by atoms with van der Waals surface area (Å²) in [6.45, 7) is 5.03. The molecular formula is C18H28N2O2. The average molecular weight is 304 g/mol. The van der Waals surface area contributed by atoms with Gasteiger partial charge in [-0.2, -0.15) is 0 Å². The maximum atomic E-state index is 12.4. The Morgan fingerprint density at radius 2 is 2.14 bits per heavy atom. The highest BCUT2D eigenvalue weighted by molar-refractivity contribution is 5.76. The lowest BCUT2D eigenvalue weighted by Crippen LogP contribution is -2.36. The number of piperidine rings is 1. The molecule has 1 aliphatic rings. The maximum absolute atomic E-state index is 12.4. The minimum atomic E-state index is 0.230. The molecule has 122 valence electrons. The predicted octanol–water partition coefficient (Wildman–Crippen LogP) is 2.68. The number of hydrogen-bond donors (Lipinski definition) is 1. The third-order valence-corrected chi connectivity index (χ3v) is 4.64. The summed E-state index contributed by atoms with van der Waals surface area (Å²) in [7, 11) is 3.55. The van der Waals surface area contributed by atoms with E-state index in [1.165, 1.54) is 12.8 Å². The number of carbonyl (C=O) groups is 1. The molecule has 1 heterocycles. The van der Waals surface area contributed by atoms with Crippen molar-refractivity contribution in [1.82, 2.24) is 10.2 Å². The van der Waals surface area contributed by atoms with E-state index in [1.807, 2.05) is 36.2 Å². The van der Waals surface area contributed by atoms with Crippen LogP contribution < -0.4 is 10.1 Å². The summed E-state index contributed by atoms with van der Waals surface area (Å²) < 4.78 is 5.15. The van der Waals surface area contributed by atoms with Gasteiger partial charge in [0, 0.05) is 20.0 Å². The van der Waals surface area contributed by atoms with Crippen molar-refractivity contribution in [3.05, 3.63) is 29.8 Å². The minimum Gasteiger partial charge on any atom is -0.497 e. The second-order valence-corrected chi connectivity index (χ2v) is 6.39. The maximum Gasteiger partial charge on any atom is 0.222 e. The fourth-order valence-electron chi connectivity index (χ4n) is 3.06. The largest absolute Gasteiger partial charge is 0.497 e. The first-order valence-corrected chi connectivity index (χ1v) is 8.17. The Bertz CT molecular complexity index is 466. The first-order valence-electron chi connectivity index (χ1n) is 8.17. The van der Waals surface area contributed by atoms with Crippen LogP contribution in [0.3, 0.4) is 0 Å². The monoisotopic (exact) mass is 304 g/mol. The number of hydrogen-bond acceptors (Lipinski definition) is 3. The van der Waals surface area contributed by atoms with Gasteiger partial charge < -0.3 is 15.0 Å². The molecule has 0 bridgehead atoms. The number of nitrogens with zero attached hydrogens (tertiary/aromatic N) is 1. The molecule has 22 heavy (non-hydrogen) atoms. The van der Waals surface area contributed by atoms with Crippen LogP contribution in [0, 0.1) is 11.8 Å². The Kier molecular flexibility index (Phi) is 6.25. The fourth-order valence-corrected chi connectivity index (χ4v) is 3.06. The van der Waals surface area contributed by atoms with Crippen molar-refractivity contribution in [2.45, 2.75) is 32.7 Å². The smallest absolute Gasteiger partial charge is 0.222 e. The Morgan fingerprint density at radius 1 is 1.41 bits per heavy atom. The van der Waals surface area contributed by atoms with Gasteiger partial charge in [0.25, 0.3) is 0 Å². The van der Waals surface area contributed by atoms with E-state index in [0.717, 1.165) is 24.4 Å². The normalized spacial score (nSPS) is 19.5. The molecule has 1 aromatic rings. The Labute approximate surface area is 133 Å². The molecule has 1 aliphatic heterocycles. The van der Waals surface area contributed by atoms with Crippen LogP contribution in [-0.4, -0.2) is 38.1 Å². The van der Waals surface area contributed by atoms with Gasteiger partial charge in [-0.25, -0.2) is 0 Å². The molecule has 2 atom stereocenters. The van der Waals surface area contributed by atoms with Crippen LogP contribution >= 0.6 is 0 Å². The molecule has 4 nitrogen and oxygen atoms in total. The zero-order chi connectivity index (χ0) is 15.9. The van der Waals surface area contributed by atoms with E-state index < -0.39 is 0 Å². The van der Waals surface area contributed by atoms with E-state index in [0.29, 0.717) is 24.8 Å². The van der Waals surface area contributed by atoms with Crippen molar-refractivity contribution >= 4 is 5.91 Å². The van der Waals surface area contributed by atoms with Gasteiger partial charge in [-0.3, -0.25) is 4.79 Å². The lowest BCUT2D eigenvalue weighted by molar-refractivity contribution is -0.131. The molecule has 0 aliphatic carbocycles. The number of rotatable bonds is 6. The van der Waals surface area contributed by atoms with Gasteiger partial charge in [0.1, 0.15) is 5.75 Å². The summed E-state index contributed by atoms with van der Waals surface area (Å²) in [5.74, 6) is 2.15. The van der Waals surface area contributed by atoms with Crippen molar-refractivity contribution in [2.75, 3.05) is 27.2 Å². The zero-order valence-electron chi connectivity index (χ0n) is 14.0. The van der Waals surface area contributed by atoms with Crippen LogP contribution in [0.25, 0.3) is 0 Å². The van der Waals surface area contributed by atoms with Crippen molar-refractivity contribution in [2.24, 2.45) is 11.8 Å². The zero-order valence-corrected chi connectivity index (χ0v) is 14.0.